The van der Waals surface area contributed by atoms with E-state index in [2.05, 4.69) is 21.3 Å². The normalized spacial score (nSPS) is 11.0. The number of benzene rings is 2. The molecule has 4 aromatic rings. The van der Waals surface area contributed by atoms with Gasteiger partial charge in [-0.25, -0.2) is 4.79 Å². The molecule has 2 aromatic heterocycles. The molecule has 2 heterocycles. The largest absolute Gasteiger partial charge is 0.326 e. The molecule has 0 amide bonds. The van der Waals surface area contributed by atoms with Crippen molar-refractivity contribution >= 4 is 21.9 Å². The van der Waals surface area contributed by atoms with E-state index in [-0.39, 0.29) is 5.69 Å². The van der Waals surface area contributed by atoms with Gasteiger partial charge in [0.15, 0.2) is 5.69 Å². The molecule has 0 saturated heterocycles. The summed E-state index contributed by atoms with van der Waals surface area (Å²) in [6.07, 6.45) is 0. The first-order chi connectivity index (χ1) is 10.8. The van der Waals surface area contributed by atoms with Crippen LogP contribution in [0, 0.1) is 11.3 Å². The molecule has 0 fully saturated rings. The van der Waals surface area contributed by atoms with E-state index in [1.54, 1.807) is 4.57 Å². The van der Waals surface area contributed by atoms with E-state index in [4.69, 9.17) is 5.26 Å². The Morgan fingerprint density at radius 2 is 2.05 bits per heavy atom. The van der Waals surface area contributed by atoms with Gasteiger partial charge >= 0.3 is 5.69 Å². The monoisotopic (exact) mass is 289 g/mol. The average Bonchev–Trinajstić information content (AvgIpc) is 3.08. The summed E-state index contributed by atoms with van der Waals surface area (Å²) in [5.41, 5.74) is 3.65. The molecular formula is C16H11N5O. The van der Waals surface area contributed by atoms with Crippen molar-refractivity contribution in [3.05, 3.63) is 64.2 Å². The van der Waals surface area contributed by atoms with Crippen LogP contribution in [0.1, 0.15) is 11.3 Å². The van der Waals surface area contributed by atoms with Crippen molar-refractivity contribution in [3.8, 4) is 6.07 Å². The second kappa shape index (κ2) is 4.60. The van der Waals surface area contributed by atoms with Gasteiger partial charge < -0.3 is 4.98 Å². The number of hydrogen-bond donors (Lipinski definition) is 2. The standard InChI is InChI=1S/C16H11N5O/c17-8-14-11-7-10(5-6-12(11)19-20-14)9-21-15-4-2-1-3-13(15)18-16(21)22/h1-7H,9H2,(H,18,22)(H,19,20). The quantitative estimate of drug-likeness (QED) is 0.592. The highest BCUT2D eigenvalue weighted by molar-refractivity contribution is 5.84. The Labute approximate surface area is 124 Å². The van der Waals surface area contributed by atoms with Crippen LogP contribution in [0.2, 0.25) is 0 Å². The summed E-state index contributed by atoms with van der Waals surface area (Å²) in [6.45, 7) is 0.439. The van der Waals surface area contributed by atoms with Gasteiger partial charge in [0.25, 0.3) is 0 Å². The molecule has 0 atom stereocenters. The highest BCUT2D eigenvalue weighted by Gasteiger charge is 2.09. The molecule has 106 valence electrons. The summed E-state index contributed by atoms with van der Waals surface area (Å²) in [7, 11) is 0. The van der Waals surface area contributed by atoms with E-state index < -0.39 is 0 Å². The number of hydrogen-bond acceptors (Lipinski definition) is 3. The predicted molar refractivity (Wildman–Crippen MR) is 82.5 cm³/mol. The highest BCUT2D eigenvalue weighted by atomic mass is 16.1. The summed E-state index contributed by atoms with van der Waals surface area (Å²) in [4.78, 5) is 15.0. The van der Waals surface area contributed by atoms with Crippen LogP contribution >= 0.6 is 0 Å². The lowest BCUT2D eigenvalue weighted by molar-refractivity contribution is 0.788. The summed E-state index contributed by atoms with van der Waals surface area (Å²) < 4.78 is 1.68. The molecule has 2 aromatic carbocycles. The maximum absolute atomic E-state index is 12.1. The zero-order chi connectivity index (χ0) is 15.1. The van der Waals surface area contributed by atoms with Crippen LogP contribution in [0.25, 0.3) is 21.9 Å². The van der Waals surface area contributed by atoms with Crippen molar-refractivity contribution in [2.75, 3.05) is 0 Å². The molecule has 6 nitrogen and oxygen atoms in total. The van der Waals surface area contributed by atoms with Crippen molar-refractivity contribution < 1.29 is 0 Å². The maximum atomic E-state index is 12.1. The minimum absolute atomic E-state index is 0.144. The van der Waals surface area contributed by atoms with Crippen LogP contribution < -0.4 is 5.69 Å². The highest BCUT2D eigenvalue weighted by Crippen LogP contribution is 2.18. The third-order valence-electron chi connectivity index (χ3n) is 3.76. The lowest BCUT2D eigenvalue weighted by atomic mass is 10.1. The number of nitrogens with zero attached hydrogens (tertiary/aromatic N) is 3. The first-order valence-corrected chi connectivity index (χ1v) is 6.81. The topological polar surface area (TPSA) is 90.3 Å². The number of H-pyrrole nitrogens is 2. The molecule has 0 aliphatic rings. The minimum atomic E-state index is -0.144. The van der Waals surface area contributed by atoms with E-state index in [9.17, 15) is 4.79 Å². The fourth-order valence-corrected chi connectivity index (χ4v) is 2.69. The van der Waals surface area contributed by atoms with Gasteiger partial charge in [0.2, 0.25) is 0 Å². The fraction of sp³-hybridized carbons (Fsp3) is 0.0625. The Balaban J connectivity index is 1.84. The lowest BCUT2D eigenvalue weighted by Gasteiger charge is -2.04. The average molecular weight is 289 g/mol. The van der Waals surface area contributed by atoms with Gasteiger partial charge in [0.05, 0.1) is 23.1 Å². The second-order valence-electron chi connectivity index (χ2n) is 5.10. The predicted octanol–water partition coefficient (Wildman–Crippen LogP) is 2.13. The Bertz CT molecular complexity index is 1090. The van der Waals surface area contributed by atoms with Crippen molar-refractivity contribution in [1.29, 1.82) is 5.26 Å². The summed E-state index contributed by atoms with van der Waals surface area (Å²) in [5.74, 6) is 0. The first kappa shape index (κ1) is 12.4. The molecule has 4 rings (SSSR count). The van der Waals surface area contributed by atoms with Crippen molar-refractivity contribution in [2.24, 2.45) is 0 Å². The first-order valence-electron chi connectivity index (χ1n) is 6.81. The zero-order valence-electron chi connectivity index (χ0n) is 11.5. The van der Waals surface area contributed by atoms with Gasteiger partial charge in [0, 0.05) is 5.39 Å². The number of rotatable bonds is 2. The number of para-hydroxylation sites is 2. The Morgan fingerprint density at radius 1 is 1.18 bits per heavy atom. The number of nitriles is 1. The van der Waals surface area contributed by atoms with Gasteiger partial charge in [-0.3, -0.25) is 9.67 Å². The fourth-order valence-electron chi connectivity index (χ4n) is 2.69. The van der Waals surface area contributed by atoms with Crippen LogP contribution in [0.5, 0.6) is 0 Å². The Hall–Kier alpha value is -3.33. The molecule has 0 unspecified atom stereocenters. The Morgan fingerprint density at radius 3 is 2.91 bits per heavy atom. The molecule has 0 spiro atoms. The molecule has 6 heteroatoms. The van der Waals surface area contributed by atoms with Crippen LogP contribution in [0.15, 0.2) is 47.3 Å². The smallest absolute Gasteiger partial charge is 0.306 e. The molecular weight excluding hydrogens is 278 g/mol. The van der Waals surface area contributed by atoms with E-state index >= 15 is 0 Å². The lowest BCUT2D eigenvalue weighted by Crippen LogP contribution is -2.17. The van der Waals surface area contributed by atoms with Crippen LogP contribution in [0.3, 0.4) is 0 Å². The van der Waals surface area contributed by atoms with Crippen molar-refractivity contribution in [1.82, 2.24) is 19.7 Å². The molecule has 22 heavy (non-hydrogen) atoms. The summed E-state index contributed by atoms with van der Waals surface area (Å²) >= 11 is 0. The third-order valence-corrected chi connectivity index (χ3v) is 3.76. The maximum Gasteiger partial charge on any atom is 0.326 e. The van der Waals surface area contributed by atoms with Crippen molar-refractivity contribution in [2.45, 2.75) is 6.54 Å². The van der Waals surface area contributed by atoms with Crippen LogP contribution in [0.4, 0.5) is 0 Å². The minimum Gasteiger partial charge on any atom is -0.306 e. The summed E-state index contributed by atoms with van der Waals surface area (Å²) in [6, 6.07) is 15.3. The van der Waals surface area contributed by atoms with E-state index in [1.807, 2.05) is 42.5 Å². The van der Waals surface area contributed by atoms with Gasteiger partial charge in [-0.2, -0.15) is 10.4 Å². The van der Waals surface area contributed by atoms with Gasteiger partial charge in [-0.05, 0) is 29.8 Å². The van der Waals surface area contributed by atoms with E-state index in [0.29, 0.717) is 12.2 Å². The number of aromatic amines is 2. The van der Waals surface area contributed by atoms with E-state index in [0.717, 1.165) is 27.5 Å². The number of fused-ring (bicyclic) bond motifs is 2. The SMILES string of the molecule is N#Cc1n[nH]c2ccc(Cn3c(=O)[nH]c4ccccc43)cc12. The van der Waals surface area contributed by atoms with Crippen LogP contribution in [-0.2, 0) is 6.54 Å². The molecule has 0 bridgehead atoms. The molecule has 0 aliphatic carbocycles. The zero-order valence-corrected chi connectivity index (χ0v) is 11.5. The number of aromatic nitrogens is 4. The van der Waals surface area contributed by atoms with Gasteiger partial charge in [-0.15, -0.1) is 0 Å². The van der Waals surface area contributed by atoms with Crippen LogP contribution in [-0.4, -0.2) is 19.7 Å². The molecule has 0 radical (unpaired) electrons. The Kier molecular flexibility index (Phi) is 2.60. The summed E-state index contributed by atoms with van der Waals surface area (Å²) in [5, 5.41) is 16.6. The second-order valence-corrected chi connectivity index (χ2v) is 5.10. The molecule has 0 saturated carbocycles. The molecule has 0 aliphatic heterocycles. The van der Waals surface area contributed by atoms with Gasteiger partial charge in [0.1, 0.15) is 6.07 Å². The molecule has 2 N–H and O–H groups in total. The van der Waals surface area contributed by atoms with Crippen molar-refractivity contribution in [3.63, 3.8) is 0 Å². The van der Waals surface area contributed by atoms with Gasteiger partial charge in [-0.1, -0.05) is 18.2 Å². The van der Waals surface area contributed by atoms with E-state index in [1.165, 1.54) is 0 Å². The third kappa shape index (κ3) is 1.80. The number of imidazole rings is 1. The number of nitrogens with one attached hydrogen (secondary N) is 2.